The molecule has 3 nitrogen and oxygen atoms in total. The first-order valence-electron chi connectivity index (χ1n) is 8.48. The second-order valence-electron chi connectivity index (χ2n) is 6.19. The minimum atomic E-state index is 0.0225. The molecule has 2 aromatic rings. The van der Waals surface area contributed by atoms with Gasteiger partial charge in [-0.2, -0.15) is 0 Å². The topological polar surface area (TPSA) is 27.7 Å². The molecule has 0 amide bonds. The van der Waals surface area contributed by atoms with Gasteiger partial charge in [0.05, 0.1) is 12.2 Å². The van der Waals surface area contributed by atoms with Crippen molar-refractivity contribution in [2.45, 2.75) is 39.9 Å². The van der Waals surface area contributed by atoms with Gasteiger partial charge < -0.3 is 14.2 Å². The molecule has 2 aromatic carbocycles. The number of rotatable bonds is 8. The van der Waals surface area contributed by atoms with E-state index >= 15 is 0 Å². The summed E-state index contributed by atoms with van der Waals surface area (Å²) in [6, 6.07) is 11.5. The van der Waals surface area contributed by atoms with Crippen LogP contribution in [0.25, 0.3) is 12.2 Å². The summed E-state index contributed by atoms with van der Waals surface area (Å²) in [5, 5.41) is 0. The Bertz CT molecular complexity index is 681. The Morgan fingerprint density at radius 1 is 0.720 bits per heavy atom. The fourth-order valence-electron chi connectivity index (χ4n) is 2.39. The van der Waals surface area contributed by atoms with Crippen molar-refractivity contribution in [1.82, 2.24) is 0 Å². The Labute approximate surface area is 150 Å². The molecule has 0 unspecified atom stereocenters. The highest BCUT2D eigenvalue weighted by atomic mass is 16.5. The maximum atomic E-state index is 6.18. The van der Waals surface area contributed by atoms with E-state index in [1.165, 1.54) is 0 Å². The van der Waals surface area contributed by atoms with Crippen LogP contribution in [0.1, 0.15) is 38.8 Å². The molecule has 0 aliphatic carbocycles. The predicted molar refractivity (Wildman–Crippen MR) is 105 cm³/mol. The molecular weight excluding hydrogens is 312 g/mol. The van der Waals surface area contributed by atoms with E-state index in [-0.39, 0.29) is 12.2 Å². The molecule has 2 rings (SSSR count). The van der Waals surface area contributed by atoms with Crippen LogP contribution in [0, 0.1) is 0 Å². The molecule has 25 heavy (non-hydrogen) atoms. The summed E-state index contributed by atoms with van der Waals surface area (Å²) in [5.41, 5.74) is 1.77. The summed E-state index contributed by atoms with van der Waals surface area (Å²) in [7, 11) is 0. The lowest BCUT2D eigenvalue weighted by molar-refractivity contribution is 0.223. The van der Waals surface area contributed by atoms with Gasteiger partial charge in [0.25, 0.3) is 0 Å². The van der Waals surface area contributed by atoms with Gasteiger partial charge in [-0.05, 0) is 39.8 Å². The summed E-state index contributed by atoms with van der Waals surface area (Å²) >= 11 is 0. The quantitative estimate of drug-likeness (QED) is 0.562. The van der Waals surface area contributed by atoms with Gasteiger partial charge in [0, 0.05) is 11.1 Å². The van der Waals surface area contributed by atoms with Gasteiger partial charge >= 0.3 is 0 Å². The lowest BCUT2D eigenvalue weighted by Crippen LogP contribution is -2.09. The van der Waals surface area contributed by atoms with Crippen molar-refractivity contribution in [3.63, 3.8) is 0 Å². The Morgan fingerprint density at radius 3 is 1.44 bits per heavy atom. The van der Waals surface area contributed by atoms with E-state index in [2.05, 4.69) is 13.2 Å². The minimum Gasteiger partial charge on any atom is -0.486 e. The van der Waals surface area contributed by atoms with Gasteiger partial charge in [0.2, 0.25) is 0 Å². The maximum absolute atomic E-state index is 6.18. The molecule has 0 N–H and O–H groups in total. The number of para-hydroxylation sites is 2. The van der Waals surface area contributed by atoms with Gasteiger partial charge in [-0.1, -0.05) is 49.6 Å². The lowest BCUT2D eigenvalue weighted by atomic mass is 10.1. The lowest BCUT2D eigenvalue weighted by Gasteiger charge is -2.20. The molecule has 0 aliphatic rings. The highest BCUT2D eigenvalue weighted by Crippen LogP contribution is 2.41. The largest absolute Gasteiger partial charge is 0.486 e. The number of ether oxygens (including phenoxy) is 3. The molecule has 0 atom stereocenters. The van der Waals surface area contributed by atoms with Crippen molar-refractivity contribution in [3.05, 3.63) is 60.7 Å². The zero-order valence-corrected chi connectivity index (χ0v) is 15.4. The van der Waals surface area contributed by atoms with Gasteiger partial charge in [-0.15, -0.1) is 0 Å². The first-order valence-corrected chi connectivity index (χ1v) is 8.48. The summed E-state index contributed by atoms with van der Waals surface area (Å²) in [6.45, 7) is 15.6. The van der Waals surface area contributed by atoms with Crippen LogP contribution in [-0.2, 0) is 0 Å². The average Bonchev–Trinajstić information content (AvgIpc) is 2.57. The molecule has 0 spiro atoms. The molecule has 0 saturated carbocycles. The first-order chi connectivity index (χ1) is 12.0. The second kappa shape index (κ2) is 8.43. The second-order valence-corrected chi connectivity index (χ2v) is 6.19. The van der Waals surface area contributed by atoms with Crippen LogP contribution in [0.3, 0.4) is 0 Å². The van der Waals surface area contributed by atoms with E-state index in [4.69, 9.17) is 14.2 Å². The zero-order chi connectivity index (χ0) is 18.4. The van der Waals surface area contributed by atoms with Crippen molar-refractivity contribution in [2.24, 2.45) is 0 Å². The average molecular weight is 338 g/mol. The van der Waals surface area contributed by atoms with Gasteiger partial charge in [0.1, 0.15) is 0 Å². The third kappa shape index (κ3) is 4.66. The molecule has 0 aliphatic heterocycles. The summed E-state index contributed by atoms with van der Waals surface area (Å²) in [4.78, 5) is 0. The van der Waals surface area contributed by atoms with Crippen molar-refractivity contribution in [3.8, 4) is 23.0 Å². The van der Waals surface area contributed by atoms with Crippen LogP contribution in [-0.4, -0.2) is 12.2 Å². The van der Waals surface area contributed by atoms with Crippen molar-refractivity contribution >= 4 is 12.2 Å². The highest BCUT2D eigenvalue weighted by molar-refractivity contribution is 5.65. The van der Waals surface area contributed by atoms with E-state index in [1.807, 2.05) is 64.1 Å². The van der Waals surface area contributed by atoms with Crippen molar-refractivity contribution in [2.75, 3.05) is 0 Å². The first kappa shape index (κ1) is 18.7. The Balaban J connectivity index is 2.49. The Hall–Kier alpha value is -2.68. The Morgan fingerprint density at radius 2 is 1.12 bits per heavy atom. The monoisotopic (exact) mass is 338 g/mol. The molecule has 0 aromatic heterocycles. The molecule has 0 heterocycles. The van der Waals surface area contributed by atoms with E-state index < -0.39 is 0 Å². The highest BCUT2D eigenvalue weighted by Gasteiger charge is 2.16. The molecule has 0 radical (unpaired) electrons. The van der Waals surface area contributed by atoms with Gasteiger partial charge in [-0.3, -0.25) is 0 Å². The molecule has 0 fully saturated rings. The number of hydrogen-bond acceptors (Lipinski definition) is 3. The van der Waals surface area contributed by atoms with Gasteiger partial charge in [0.15, 0.2) is 23.0 Å². The van der Waals surface area contributed by atoms with E-state index in [9.17, 15) is 0 Å². The van der Waals surface area contributed by atoms with E-state index in [0.29, 0.717) is 23.0 Å². The molecule has 0 bridgehead atoms. The molecule has 0 saturated heterocycles. The van der Waals surface area contributed by atoms with E-state index in [0.717, 1.165) is 11.1 Å². The third-order valence-electron chi connectivity index (χ3n) is 3.39. The normalized spacial score (nSPS) is 10.6. The van der Waals surface area contributed by atoms with Gasteiger partial charge in [-0.25, -0.2) is 0 Å². The Kier molecular flexibility index (Phi) is 6.29. The van der Waals surface area contributed by atoms with Crippen LogP contribution in [0.2, 0.25) is 0 Å². The fourth-order valence-corrected chi connectivity index (χ4v) is 2.39. The number of hydrogen-bond donors (Lipinski definition) is 0. The maximum Gasteiger partial charge on any atom is 0.170 e. The summed E-state index contributed by atoms with van der Waals surface area (Å²) in [5.74, 6) is 2.60. The molecular formula is C22H26O3. The third-order valence-corrected chi connectivity index (χ3v) is 3.39. The van der Waals surface area contributed by atoms with Crippen LogP contribution in [0.4, 0.5) is 0 Å². The summed E-state index contributed by atoms with van der Waals surface area (Å²) in [6.07, 6.45) is 3.57. The molecule has 132 valence electrons. The zero-order valence-electron chi connectivity index (χ0n) is 15.4. The van der Waals surface area contributed by atoms with Crippen molar-refractivity contribution < 1.29 is 14.2 Å². The molecule has 3 heteroatoms. The SMILES string of the molecule is C=Cc1cccc(Oc2cccc(C=C)c2OC(C)C)c1OC(C)C. The van der Waals surface area contributed by atoms with E-state index in [1.54, 1.807) is 12.2 Å². The standard InChI is InChI=1S/C22H26O3/c1-7-17-11-9-13-19(21(17)23-15(3)4)25-20-14-10-12-18(8-2)22(20)24-16(5)6/h7-16H,1-2H2,3-6H3. The predicted octanol–water partition coefficient (Wildman–Crippen LogP) is 6.34. The summed E-state index contributed by atoms with van der Waals surface area (Å²) < 4.78 is 18.1. The van der Waals surface area contributed by atoms with Crippen LogP contribution in [0.15, 0.2) is 49.6 Å². The van der Waals surface area contributed by atoms with Crippen LogP contribution in [0.5, 0.6) is 23.0 Å². The minimum absolute atomic E-state index is 0.0225. The fraction of sp³-hybridized carbons (Fsp3) is 0.273. The van der Waals surface area contributed by atoms with Crippen molar-refractivity contribution in [1.29, 1.82) is 0 Å². The van der Waals surface area contributed by atoms with Crippen LogP contribution < -0.4 is 14.2 Å². The number of benzene rings is 2. The smallest absolute Gasteiger partial charge is 0.170 e. The van der Waals surface area contributed by atoms with Crippen LogP contribution >= 0.6 is 0 Å².